The van der Waals surface area contributed by atoms with Crippen LogP contribution in [0, 0.1) is 25.7 Å². The lowest BCUT2D eigenvalue weighted by atomic mass is 9.75. The van der Waals surface area contributed by atoms with Gasteiger partial charge in [0.05, 0.1) is 11.9 Å². The van der Waals surface area contributed by atoms with E-state index < -0.39 is 15.6 Å². The molecule has 1 aromatic rings. The van der Waals surface area contributed by atoms with Crippen molar-refractivity contribution in [2.45, 2.75) is 58.5 Å². The number of hydrogen-bond acceptors (Lipinski definition) is 5. The van der Waals surface area contributed by atoms with E-state index in [0.29, 0.717) is 51.2 Å². The smallest absolute Gasteiger partial charge is 0.225 e. The fraction of sp³-hybridized carbons (Fsp3) is 0.696. The maximum absolute atomic E-state index is 13.0. The quantitative estimate of drug-likeness (QED) is 0.714. The van der Waals surface area contributed by atoms with Gasteiger partial charge in [-0.15, -0.1) is 0 Å². The number of piperidine rings is 2. The van der Waals surface area contributed by atoms with E-state index in [2.05, 4.69) is 0 Å². The molecule has 2 aliphatic rings. The second kappa shape index (κ2) is 9.08. The molecule has 7 nitrogen and oxygen atoms in total. The highest BCUT2D eigenvalue weighted by Gasteiger charge is 2.43. The molecule has 0 aliphatic carbocycles. The molecule has 8 heteroatoms. The van der Waals surface area contributed by atoms with Crippen LogP contribution in [0.15, 0.2) is 12.1 Å². The van der Waals surface area contributed by atoms with E-state index in [1.807, 2.05) is 37.8 Å². The Morgan fingerprint density at radius 3 is 2.13 bits per heavy atom. The first-order chi connectivity index (χ1) is 14.4. The maximum Gasteiger partial charge on any atom is 0.225 e. The molecule has 0 saturated carbocycles. The number of aromatic hydroxyl groups is 1. The number of hydrogen-bond donors (Lipinski definition) is 2. The van der Waals surface area contributed by atoms with Crippen LogP contribution in [0.2, 0.25) is 0 Å². The number of sulfonamides is 1. The van der Waals surface area contributed by atoms with Crippen molar-refractivity contribution in [3.05, 3.63) is 28.8 Å². The number of phenols is 1. The van der Waals surface area contributed by atoms with Crippen molar-refractivity contribution in [1.82, 2.24) is 9.21 Å². The van der Waals surface area contributed by atoms with Crippen LogP contribution in [-0.4, -0.2) is 71.8 Å². The second-order valence-corrected chi connectivity index (χ2v) is 11.5. The molecule has 2 N–H and O–H groups in total. The molecule has 0 unspecified atom stereocenters. The monoisotopic (exact) mass is 452 g/mol. The summed E-state index contributed by atoms with van der Waals surface area (Å²) < 4.78 is 24.9. The molecule has 2 heterocycles. The number of nitrogens with zero attached hydrogens (tertiary/aromatic N) is 2. The van der Waals surface area contributed by atoms with Crippen molar-refractivity contribution >= 4 is 15.9 Å². The first kappa shape index (κ1) is 24.0. The molecule has 174 valence electrons. The Balaban J connectivity index is 1.54. The van der Waals surface area contributed by atoms with Crippen LogP contribution >= 0.6 is 0 Å². The predicted molar refractivity (Wildman–Crippen MR) is 120 cm³/mol. The lowest BCUT2D eigenvalue weighted by Crippen LogP contribution is -2.53. The van der Waals surface area contributed by atoms with Crippen LogP contribution in [0.4, 0.5) is 0 Å². The molecule has 2 fully saturated rings. The van der Waals surface area contributed by atoms with Gasteiger partial charge in [-0.2, -0.15) is 0 Å². The highest BCUT2D eigenvalue weighted by molar-refractivity contribution is 7.88. The van der Waals surface area contributed by atoms with Gasteiger partial charge in [0.15, 0.2) is 0 Å². The Morgan fingerprint density at radius 2 is 1.65 bits per heavy atom. The molecule has 31 heavy (non-hydrogen) atoms. The van der Waals surface area contributed by atoms with Crippen molar-refractivity contribution in [2.24, 2.45) is 11.8 Å². The minimum absolute atomic E-state index is 0.0935. The summed E-state index contributed by atoms with van der Waals surface area (Å²) in [7, 11) is -3.21. The first-order valence-electron chi connectivity index (χ1n) is 11.2. The molecule has 0 radical (unpaired) electrons. The fourth-order valence-electron chi connectivity index (χ4n) is 5.17. The van der Waals surface area contributed by atoms with Gasteiger partial charge in [-0.3, -0.25) is 4.79 Å². The average molecular weight is 453 g/mol. The molecule has 1 aromatic carbocycles. The van der Waals surface area contributed by atoms with Gasteiger partial charge in [-0.05, 0) is 68.6 Å². The molecule has 3 rings (SSSR count). The van der Waals surface area contributed by atoms with Gasteiger partial charge in [-0.25, -0.2) is 12.7 Å². The summed E-state index contributed by atoms with van der Waals surface area (Å²) in [5, 5.41) is 21.1. The predicted octanol–water partition coefficient (Wildman–Crippen LogP) is 2.21. The first-order valence-corrected chi connectivity index (χ1v) is 13.0. The Bertz CT molecular complexity index is 891. The van der Waals surface area contributed by atoms with Crippen LogP contribution < -0.4 is 0 Å². The highest BCUT2D eigenvalue weighted by atomic mass is 32.2. The minimum Gasteiger partial charge on any atom is -0.507 e. The highest BCUT2D eigenvalue weighted by Crippen LogP contribution is 2.37. The third kappa shape index (κ3) is 5.41. The third-order valence-corrected chi connectivity index (χ3v) is 8.44. The summed E-state index contributed by atoms with van der Waals surface area (Å²) in [4.78, 5) is 14.9. The van der Waals surface area contributed by atoms with Crippen LogP contribution in [0.25, 0.3) is 0 Å². The van der Waals surface area contributed by atoms with E-state index in [4.69, 9.17) is 0 Å². The zero-order valence-corrected chi connectivity index (χ0v) is 19.9. The van der Waals surface area contributed by atoms with Gasteiger partial charge in [0, 0.05) is 32.1 Å². The molecule has 1 amide bonds. The standard InChI is InChI=1S/C23H36N2O5S/c1-16-13-19(14-17(2)21(16)26)15-18(3)22(27)24-9-5-20(6-10-24)23(28)7-11-25(12-8-23)31(4,29)30/h13-14,18,20,26,28H,5-12,15H2,1-4H3/t18-/m1/s1. The Morgan fingerprint density at radius 1 is 1.13 bits per heavy atom. The third-order valence-electron chi connectivity index (χ3n) is 7.14. The van der Waals surface area contributed by atoms with Gasteiger partial charge in [0.25, 0.3) is 0 Å². The van der Waals surface area contributed by atoms with E-state index in [0.717, 1.165) is 29.5 Å². The summed E-state index contributed by atoms with van der Waals surface area (Å²) in [5.74, 6) is 0.378. The molecule has 0 aromatic heterocycles. The molecule has 0 bridgehead atoms. The number of carbonyl (C=O) groups is 1. The summed E-state index contributed by atoms with van der Waals surface area (Å²) in [6.45, 7) is 7.65. The van der Waals surface area contributed by atoms with Gasteiger partial charge >= 0.3 is 0 Å². The number of likely N-dealkylation sites (tertiary alicyclic amines) is 1. The van der Waals surface area contributed by atoms with Gasteiger partial charge < -0.3 is 15.1 Å². The summed E-state index contributed by atoms with van der Waals surface area (Å²) >= 11 is 0. The molecule has 2 aliphatic heterocycles. The average Bonchev–Trinajstić information content (AvgIpc) is 2.71. The molecular formula is C23H36N2O5S. The van der Waals surface area contributed by atoms with Crippen LogP contribution in [0.1, 0.15) is 49.3 Å². The van der Waals surface area contributed by atoms with Crippen molar-refractivity contribution in [1.29, 1.82) is 0 Å². The summed E-state index contributed by atoms with van der Waals surface area (Å²) in [6, 6.07) is 3.88. The molecule has 0 spiro atoms. The summed E-state index contributed by atoms with van der Waals surface area (Å²) in [6.07, 6.45) is 4.23. The van der Waals surface area contributed by atoms with Crippen molar-refractivity contribution in [3.63, 3.8) is 0 Å². The Kier molecular flexibility index (Phi) is 7.03. The van der Waals surface area contributed by atoms with E-state index >= 15 is 0 Å². The Hall–Kier alpha value is -1.64. The SMILES string of the molecule is Cc1cc(C[C@@H](C)C(=O)N2CCC(C3(O)CCN(S(C)(=O)=O)CC3)CC2)cc(C)c1O. The van der Waals surface area contributed by atoms with E-state index in [9.17, 15) is 23.4 Å². The zero-order chi connectivity index (χ0) is 23.0. The van der Waals surface area contributed by atoms with E-state index in [1.54, 1.807) is 0 Å². The van der Waals surface area contributed by atoms with Crippen molar-refractivity contribution in [3.8, 4) is 5.75 Å². The van der Waals surface area contributed by atoms with Crippen molar-refractivity contribution < 1.29 is 23.4 Å². The molecular weight excluding hydrogens is 416 g/mol. The Labute approximate surface area is 186 Å². The van der Waals surface area contributed by atoms with Crippen molar-refractivity contribution in [2.75, 3.05) is 32.4 Å². The number of rotatable bonds is 5. The number of carbonyl (C=O) groups excluding carboxylic acids is 1. The summed E-state index contributed by atoms with van der Waals surface area (Å²) in [5.41, 5.74) is 1.86. The fourth-order valence-corrected chi connectivity index (χ4v) is 6.01. The van der Waals surface area contributed by atoms with Crippen LogP contribution in [-0.2, 0) is 21.2 Å². The number of benzene rings is 1. The largest absolute Gasteiger partial charge is 0.507 e. The number of aliphatic hydroxyl groups is 1. The lowest BCUT2D eigenvalue weighted by Gasteiger charge is -2.45. The van der Waals surface area contributed by atoms with Gasteiger partial charge in [0.1, 0.15) is 5.75 Å². The van der Waals surface area contributed by atoms with Gasteiger partial charge in [-0.1, -0.05) is 19.1 Å². The zero-order valence-electron chi connectivity index (χ0n) is 19.1. The maximum atomic E-state index is 13.0. The minimum atomic E-state index is -3.21. The molecule has 2 saturated heterocycles. The van der Waals surface area contributed by atoms with Gasteiger partial charge in [0.2, 0.25) is 15.9 Å². The van der Waals surface area contributed by atoms with E-state index in [-0.39, 0.29) is 17.7 Å². The number of amides is 1. The van der Waals surface area contributed by atoms with Crippen LogP contribution in [0.5, 0.6) is 5.75 Å². The normalized spacial score (nSPS) is 21.8. The number of aryl methyl sites for hydroxylation is 2. The lowest BCUT2D eigenvalue weighted by molar-refractivity contribution is -0.139. The topological polar surface area (TPSA) is 98.2 Å². The second-order valence-electron chi connectivity index (χ2n) is 9.55. The van der Waals surface area contributed by atoms with E-state index in [1.165, 1.54) is 10.6 Å². The van der Waals surface area contributed by atoms with Crippen LogP contribution in [0.3, 0.4) is 0 Å². The molecule has 1 atom stereocenters. The number of phenolic OH excluding ortho intramolecular Hbond substituents is 1.